The number of aliphatic imine (C=N–C) groups is 1. The molecule has 272 valence electrons. The van der Waals surface area contributed by atoms with Crippen molar-refractivity contribution < 1.29 is 27.7 Å². The van der Waals surface area contributed by atoms with Crippen molar-refractivity contribution in [1.82, 2.24) is 19.3 Å². The van der Waals surface area contributed by atoms with Crippen LogP contribution < -0.4 is 14.8 Å². The van der Waals surface area contributed by atoms with Gasteiger partial charge in [-0.2, -0.15) is 10.4 Å². The van der Waals surface area contributed by atoms with Crippen molar-refractivity contribution in [2.24, 2.45) is 18.0 Å². The number of aryl methyl sites for hydroxylation is 1. The number of fused-ring (bicyclic) bond motifs is 1. The zero-order chi connectivity index (χ0) is 37.0. The molecule has 2 aromatic carbocycles. The van der Waals surface area contributed by atoms with Crippen molar-refractivity contribution in [3.05, 3.63) is 83.9 Å². The lowest BCUT2D eigenvalue weighted by Crippen LogP contribution is -2.29. The molecule has 4 heterocycles. The highest BCUT2D eigenvalue weighted by Gasteiger charge is 2.23. The number of benzene rings is 2. The quantitative estimate of drug-likeness (QED) is 0.0954. The molecule has 1 N–H and O–H groups in total. The second kappa shape index (κ2) is 15.5. The second-order valence-corrected chi connectivity index (χ2v) is 20.0. The van der Waals surface area contributed by atoms with E-state index in [1.807, 2.05) is 50.1 Å². The van der Waals surface area contributed by atoms with E-state index in [1.165, 1.54) is 6.20 Å². The molecule has 0 aliphatic carbocycles. The molecule has 0 saturated heterocycles. The summed E-state index contributed by atoms with van der Waals surface area (Å²) in [5, 5.41) is 17.5. The molecule has 0 saturated carbocycles. The Morgan fingerprint density at radius 2 is 1.88 bits per heavy atom. The topological polar surface area (TPSA) is 121 Å². The van der Waals surface area contributed by atoms with Gasteiger partial charge >= 0.3 is 0 Å². The van der Waals surface area contributed by atoms with Crippen LogP contribution in [0, 0.1) is 28.9 Å². The average molecular weight is 728 g/mol. The summed E-state index contributed by atoms with van der Waals surface area (Å²) < 4.78 is 58.6. The van der Waals surface area contributed by atoms with Crippen LogP contribution in [0.5, 0.6) is 17.2 Å². The SMILES string of the molecule is CC(C)Oc1ccc(-c2cn(COCC[Si](C)(C)C)c3nccc(Oc4c(F)cc(NC5=NCC(Cc6cnn(C)c6)CO5)cc4F)c23)cc1C#N. The van der Waals surface area contributed by atoms with Crippen LogP contribution >= 0.6 is 0 Å². The molecule has 0 spiro atoms. The van der Waals surface area contributed by atoms with Crippen molar-refractivity contribution in [1.29, 1.82) is 5.26 Å². The van der Waals surface area contributed by atoms with E-state index in [0.29, 0.717) is 53.2 Å². The highest BCUT2D eigenvalue weighted by molar-refractivity contribution is 6.76. The Hall–Kier alpha value is -5.26. The lowest BCUT2D eigenvalue weighted by molar-refractivity contribution is 0.0899. The van der Waals surface area contributed by atoms with Gasteiger partial charge in [-0.15, -0.1) is 0 Å². The molecule has 11 nitrogen and oxygen atoms in total. The second-order valence-electron chi connectivity index (χ2n) is 14.4. The maximum atomic E-state index is 15.7. The van der Waals surface area contributed by atoms with E-state index in [1.54, 1.807) is 22.9 Å². The number of halogens is 2. The van der Waals surface area contributed by atoms with Gasteiger partial charge in [0.25, 0.3) is 6.02 Å². The third kappa shape index (κ3) is 8.78. The van der Waals surface area contributed by atoms with Gasteiger partial charge in [0.2, 0.25) is 0 Å². The van der Waals surface area contributed by atoms with Crippen LogP contribution in [0.1, 0.15) is 25.0 Å². The molecule has 0 amide bonds. The third-order valence-electron chi connectivity index (χ3n) is 8.41. The van der Waals surface area contributed by atoms with E-state index in [2.05, 4.69) is 46.1 Å². The summed E-state index contributed by atoms with van der Waals surface area (Å²) >= 11 is 0. The van der Waals surface area contributed by atoms with Crippen molar-refractivity contribution >= 4 is 30.8 Å². The Morgan fingerprint density at radius 1 is 1.10 bits per heavy atom. The number of rotatable bonds is 13. The third-order valence-corrected chi connectivity index (χ3v) is 10.1. The first kappa shape index (κ1) is 36.5. The Bertz CT molecular complexity index is 2110. The monoisotopic (exact) mass is 727 g/mol. The average Bonchev–Trinajstić information content (AvgIpc) is 3.68. The van der Waals surface area contributed by atoms with Crippen LogP contribution in [0.25, 0.3) is 22.2 Å². The van der Waals surface area contributed by atoms with Crippen molar-refractivity contribution in [2.75, 3.05) is 25.1 Å². The molecule has 0 radical (unpaired) electrons. The van der Waals surface area contributed by atoms with Crippen LogP contribution in [0.2, 0.25) is 25.7 Å². The highest BCUT2D eigenvalue weighted by Crippen LogP contribution is 2.41. The van der Waals surface area contributed by atoms with E-state index in [4.69, 9.17) is 18.9 Å². The van der Waals surface area contributed by atoms with Crippen LogP contribution in [0.3, 0.4) is 0 Å². The zero-order valence-electron chi connectivity index (χ0n) is 30.2. The fourth-order valence-electron chi connectivity index (χ4n) is 5.85. The molecule has 5 aromatic rings. The summed E-state index contributed by atoms with van der Waals surface area (Å²) in [6, 6.07) is 12.5. The van der Waals surface area contributed by atoms with E-state index in [9.17, 15) is 5.26 Å². The number of hydrogen-bond acceptors (Lipinski definition) is 9. The predicted octanol–water partition coefficient (Wildman–Crippen LogP) is 8.14. The summed E-state index contributed by atoms with van der Waals surface area (Å²) in [6.07, 6.45) is 7.78. The number of pyridine rings is 1. The number of nitrogens with one attached hydrogen (secondary N) is 1. The Morgan fingerprint density at radius 3 is 2.54 bits per heavy atom. The smallest absolute Gasteiger partial charge is 0.289 e. The van der Waals surface area contributed by atoms with E-state index < -0.39 is 25.5 Å². The molecule has 6 rings (SSSR count). The minimum atomic E-state index is -1.32. The van der Waals surface area contributed by atoms with Gasteiger partial charge in [-0.25, -0.2) is 18.8 Å². The van der Waals surface area contributed by atoms with Gasteiger partial charge in [-0.05, 0) is 55.6 Å². The molecule has 0 bridgehead atoms. The minimum Gasteiger partial charge on any atom is -0.490 e. The minimum absolute atomic E-state index is 0.123. The summed E-state index contributed by atoms with van der Waals surface area (Å²) in [6.45, 7) is 12.3. The fraction of sp³-hybridized carbons (Fsp3) is 0.368. The van der Waals surface area contributed by atoms with Gasteiger partial charge in [0.1, 0.15) is 29.9 Å². The first-order valence-electron chi connectivity index (χ1n) is 17.2. The Kier molecular flexibility index (Phi) is 10.9. The number of amidine groups is 1. The number of anilines is 1. The molecular weight excluding hydrogens is 685 g/mol. The van der Waals surface area contributed by atoms with Gasteiger partial charge < -0.3 is 28.8 Å². The number of nitrogens with zero attached hydrogens (tertiary/aromatic N) is 6. The van der Waals surface area contributed by atoms with Crippen molar-refractivity contribution in [3.8, 4) is 34.4 Å². The first-order valence-corrected chi connectivity index (χ1v) is 20.9. The lowest BCUT2D eigenvalue weighted by Gasteiger charge is -2.22. The molecule has 1 aliphatic rings. The summed E-state index contributed by atoms with van der Waals surface area (Å²) in [7, 11) is 0.541. The number of hydrogen-bond donors (Lipinski definition) is 1. The summed E-state index contributed by atoms with van der Waals surface area (Å²) in [5.41, 5.74) is 3.38. The molecule has 1 aliphatic heterocycles. The molecular formula is C38H43F2N7O4Si. The van der Waals surface area contributed by atoms with Gasteiger partial charge in [0, 0.05) is 69.6 Å². The lowest BCUT2D eigenvalue weighted by atomic mass is 10.0. The predicted molar refractivity (Wildman–Crippen MR) is 198 cm³/mol. The molecule has 14 heteroatoms. The maximum absolute atomic E-state index is 15.7. The van der Waals surface area contributed by atoms with Crippen LogP contribution in [-0.2, 0) is 29.7 Å². The molecule has 1 unspecified atom stereocenters. The molecule has 52 heavy (non-hydrogen) atoms. The molecule has 0 fully saturated rings. The first-order chi connectivity index (χ1) is 24.9. The van der Waals surface area contributed by atoms with Gasteiger partial charge in [-0.3, -0.25) is 4.68 Å². The van der Waals surface area contributed by atoms with Crippen LogP contribution in [-0.4, -0.2) is 59.3 Å². The Labute approximate surface area is 302 Å². The normalized spacial score (nSPS) is 14.6. The summed E-state index contributed by atoms with van der Waals surface area (Å²) in [4.78, 5) is 9.04. The van der Waals surface area contributed by atoms with Crippen LogP contribution in [0.4, 0.5) is 14.5 Å². The molecule has 3 aromatic heterocycles. The number of nitriles is 1. The van der Waals surface area contributed by atoms with E-state index in [-0.39, 0.29) is 36.2 Å². The Balaban J connectivity index is 1.27. The number of ether oxygens (including phenoxy) is 4. The van der Waals surface area contributed by atoms with Gasteiger partial charge in [0.15, 0.2) is 17.4 Å². The van der Waals surface area contributed by atoms with Gasteiger partial charge in [-0.1, -0.05) is 25.7 Å². The van der Waals surface area contributed by atoms with E-state index >= 15 is 8.78 Å². The van der Waals surface area contributed by atoms with Crippen molar-refractivity contribution in [3.63, 3.8) is 0 Å². The van der Waals surface area contributed by atoms with Crippen molar-refractivity contribution in [2.45, 2.75) is 58.8 Å². The summed E-state index contributed by atoms with van der Waals surface area (Å²) in [5.74, 6) is -1.62. The zero-order valence-corrected chi connectivity index (χ0v) is 31.2. The maximum Gasteiger partial charge on any atom is 0.289 e. The highest BCUT2D eigenvalue weighted by atomic mass is 28.3. The largest absolute Gasteiger partial charge is 0.490 e. The van der Waals surface area contributed by atoms with E-state index in [0.717, 1.165) is 30.2 Å². The fourth-order valence-corrected chi connectivity index (χ4v) is 6.61. The molecule has 1 atom stereocenters. The standard InChI is InChI=1S/C38H43F2N7O4Si/c1-24(2)50-33-8-7-27(14-28(33)17-41)30-21-47(23-48-11-12-52(4,5)6)37-35(30)34(9-10-42-37)51-36-31(39)15-29(16-32(36)40)45-38-43-18-26(22-49-38)13-25-19-44-46(3)20-25/h7-10,14-16,19-21,24,26H,11-13,18,22-23H2,1-6H3,(H,43,45). The van der Waals surface area contributed by atoms with Crippen LogP contribution in [0.15, 0.2) is 66.2 Å². The number of aromatic nitrogens is 4. The van der Waals surface area contributed by atoms with Gasteiger partial charge in [0.05, 0.1) is 36.4 Å².